The van der Waals surface area contributed by atoms with Crippen LogP contribution in [0.1, 0.15) is 39.8 Å². The molecule has 1 unspecified atom stereocenters. The second kappa shape index (κ2) is 4.85. The molecule has 1 aliphatic rings. The third-order valence-electron chi connectivity index (χ3n) is 3.76. The summed E-state index contributed by atoms with van der Waals surface area (Å²) in [4.78, 5) is 14.4. The Morgan fingerprint density at radius 3 is 2.95 bits per heavy atom. The average molecular weight is 275 g/mol. The van der Waals surface area contributed by atoms with Crippen molar-refractivity contribution in [1.82, 2.24) is 4.90 Å². The number of furan rings is 1. The van der Waals surface area contributed by atoms with Crippen molar-refractivity contribution in [2.75, 3.05) is 13.1 Å². The van der Waals surface area contributed by atoms with Crippen LogP contribution in [-0.2, 0) is 0 Å². The van der Waals surface area contributed by atoms with Crippen LogP contribution in [0.25, 0.3) is 0 Å². The molecule has 1 aliphatic heterocycles. The van der Waals surface area contributed by atoms with Crippen molar-refractivity contribution in [3.8, 4) is 0 Å². The molecule has 0 aliphatic carbocycles. The lowest BCUT2D eigenvalue weighted by Gasteiger charge is -2.15. The number of hydrogen-bond donors (Lipinski definition) is 0. The van der Waals surface area contributed by atoms with E-state index < -0.39 is 0 Å². The number of nitrogens with zero attached hydrogens (tertiary/aromatic N) is 1. The molecule has 1 saturated heterocycles. The van der Waals surface area contributed by atoms with E-state index in [9.17, 15) is 4.79 Å². The predicted octanol–water partition coefficient (Wildman–Crippen LogP) is 3.59. The number of amides is 1. The summed E-state index contributed by atoms with van der Waals surface area (Å²) >= 11 is 1.72. The quantitative estimate of drug-likeness (QED) is 0.839. The van der Waals surface area contributed by atoms with E-state index in [4.69, 9.17) is 4.42 Å². The van der Waals surface area contributed by atoms with E-state index >= 15 is 0 Å². The van der Waals surface area contributed by atoms with E-state index in [1.807, 2.05) is 24.8 Å². The number of aryl methyl sites for hydroxylation is 2. The highest BCUT2D eigenvalue weighted by Crippen LogP contribution is 2.30. The van der Waals surface area contributed by atoms with Gasteiger partial charge in [0.1, 0.15) is 11.5 Å². The number of carbonyl (C=O) groups excluding carboxylic acids is 1. The predicted molar refractivity (Wildman–Crippen MR) is 75.8 cm³/mol. The van der Waals surface area contributed by atoms with E-state index in [1.54, 1.807) is 11.3 Å². The van der Waals surface area contributed by atoms with E-state index in [-0.39, 0.29) is 5.91 Å². The van der Waals surface area contributed by atoms with Gasteiger partial charge in [0, 0.05) is 19.0 Å². The van der Waals surface area contributed by atoms with Crippen molar-refractivity contribution < 1.29 is 9.21 Å². The van der Waals surface area contributed by atoms with Crippen LogP contribution in [0.3, 0.4) is 0 Å². The number of hydrogen-bond acceptors (Lipinski definition) is 3. The fraction of sp³-hybridized carbons (Fsp3) is 0.400. The highest BCUT2D eigenvalue weighted by atomic mass is 32.1. The van der Waals surface area contributed by atoms with Gasteiger partial charge in [-0.05, 0) is 48.7 Å². The molecule has 0 aromatic carbocycles. The van der Waals surface area contributed by atoms with Crippen molar-refractivity contribution >= 4 is 17.2 Å². The molecule has 3 rings (SSSR count). The summed E-state index contributed by atoms with van der Waals surface area (Å²) in [6.45, 7) is 5.39. The highest BCUT2D eigenvalue weighted by molar-refractivity contribution is 7.07. The van der Waals surface area contributed by atoms with Crippen molar-refractivity contribution in [1.29, 1.82) is 0 Å². The number of carbonyl (C=O) groups is 1. The zero-order chi connectivity index (χ0) is 13.4. The zero-order valence-electron chi connectivity index (χ0n) is 11.2. The van der Waals surface area contributed by atoms with Crippen LogP contribution in [0.15, 0.2) is 27.3 Å². The molecule has 0 bridgehead atoms. The zero-order valence-corrected chi connectivity index (χ0v) is 12.0. The summed E-state index contributed by atoms with van der Waals surface area (Å²) in [5.41, 5.74) is 2.07. The molecule has 1 fully saturated rings. The molecule has 4 heteroatoms. The van der Waals surface area contributed by atoms with E-state index in [0.29, 0.717) is 11.5 Å². The Morgan fingerprint density at radius 2 is 2.32 bits per heavy atom. The Kier molecular flexibility index (Phi) is 3.19. The molecule has 0 N–H and O–H groups in total. The fourth-order valence-corrected chi connectivity index (χ4v) is 3.48. The molecule has 2 aromatic heterocycles. The van der Waals surface area contributed by atoms with Gasteiger partial charge in [0.25, 0.3) is 5.91 Å². The molecule has 1 atom stereocenters. The minimum absolute atomic E-state index is 0.104. The van der Waals surface area contributed by atoms with Gasteiger partial charge in [0.15, 0.2) is 0 Å². The highest BCUT2D eigenvalue weighted by Gasteiger charge is 2.29. The maximum absolute atomic E-state index is 12.5. The number of thiophene rings is 1. The standard InChI is InChI=1S/C15H17NO2S/c1-10-7-14(11(2)18-10)15(17)16-5-3-12(8-16)13-4-6-19-9-13/h4,6-7,9,12H,3,5,8H2,1-2H3. The maximum Gasteiger partial charge on any atom is 0.257 e. The maximum atomic E-state index is 12.5. The molecule has 1 amide bonds. The summed E-state index contributed by atoms with van der Waals surface area (Å²) in [5, 5.41) is 4.29. The van der Waals surface area contributed by atoms with E-state index in [2.05, 4.69) is 16.8 Å². The van der Waals surface area contributed by atoms with Crippen molar-refractivity contribution in [2.24, 2.45) is 0 Å². The lowest BCUT2D eigenvalue weighted by atomic mass is 10.0. The van der Waals surface area contributed by atoms with Crippen LogP contribution in [0.4, 0.5) is 0 Å². The second-order valence-corrected chi connectivity index (χ2v) is 5.90. The molecule has 3 nitrogen and oxygen atoms in total. The molecule has 100 valence electrons. The van der Waals surface area contributed by atoms with Crippen LogP contribution in [0.2, 0.25) is 0 Å². The van der Waals surface area contributed by atoms with Gasteiger partial charge in [-0.1, -0.05) is 0 Å². The third-order valence-corrected chi connectivity index (χ3v) is 4.46. The summed E-state index contributed by atoms with van der Waals surface area (Å²) in [7, 11) is 0. The van der Waals surface area contributed by atoms with Crippen LogP contribution >= 0.6 is 11.3 Å². The number of likely N-dealkylation sites (tertiary alicyclic amines) is 1. The monoisotopic (exact) mass is 275 g/mol. The van der Waals surface area contributed by atoms with Gasteiger partial charge in [-0.15, -0.1) is 0 Å². The van der Waals surface area contributed by atoms with Gasteiger partial charge in [-0.2, -0.15) is 11.3 Å². The first-order valence-electron chi connectivity index (χ1n) is 6.53. The first-order valence-corrected chi connectivity index (χ1v) is 7.48. The second-order valence-electron chi connectivity index (χ2n) is 5.12. The first kappa shape index (κ1) is 12.5. The normalized spacial score (nSPS) is 19.1. The van der Waals surface area contributed by atoms with E-state index in [1.165, 1.54) is 5.56 Å². The molecule has 19 heavy (non-hydrogen) atoms. The number of rotatable bonds is 2. The first-order chi connectivity index (χ1) is 9.15. The molecule has 2 aromatic rings. The lowest BCUT2D eigenvalue weighted by Crippen LogP contribution is -2.28. The molecular formula is C15H17NO2S. The van der Waals surface area contributed by atoms with Gasteiger partial charge in [-0.25, -0.2) is 0 Å². The van der Waals surface area contributed by atoms with Crippen molar-refractivity contribution in [3.05, 3.63) is 45.5 Å². The topological polar surface area (TPSA) is 33.5 Å². The van der Waals surface area contributed by atoms with Gasteiger partial charge in [0.05, 0.1) is 5.56 Å². The average Bonchev–Trinajstić information content (AvgIpc) is 3.06. The molecule has 3 heterocycles. The third kappa shape index (κ3) is 2.32. The van der Waals surface area contributed by atoms with Gasteiger partial charge in [-0.3, -0.25) is 4.79 Å². The summed E-state index contributed by atoms with van der Waals surface area (Å²) < 4.78 is 5.45. The summed E-state index contributed by atoms with van der Waals surface area (Å²) in [5.74, 6) is 2.12. The molecule has 0 radical (unpaired) electrons. The Morgan fingerprint density at radius 1 is 1.47 bits per heavy atom. The van der Waals surface area contributed by atoms with Crippen molar-refractivity contribution in [3.63, 3.8) is 0 Å². The molecule has 0 saturated carbocycles. The molecule has 0 spiro atoms. The molecular weight excluding hydrogens is 258 g/mol. The van der Waals surface area contributed by atoms with Crippen LogP contribution in [0, 0.1) is 13.8 Å². The van der Waals surface area contributed by atoms with Crippen LogP contribution in [-0.4, -0.2) is 23.9 Å². The largest absolute Gasteiger partial charge is 0.466 e. The Balaban J connectivity index is 1.74. The SMILES string of the molecule is Cc1cc(C(=O)N2CCC(c3ccsc3)C2)c(C)o1. The van der Waals surface area contributed by atoms with E-state index in [0.717, 1.165) is 31.0 Å². The lowest BCUT2D eigenvalue weighted by molar-refractivity contribution is 0.0789. The summed E-state index contributed by atoms with van der Waals surface area (Å²) in [6.07, 6.45) is 1.05. The Labute approximate surface area is 116 Å². The van der Waals surface area contributed by atoms with Gasteiger partial charge in [0.2, 0.25) is 0 Å². The van der Waals surface area contributed by atoms with Gasteiger partial charge >= 0.3 is 0 Å². The smallest absolute Gasteiger partial charge is 0.257 e. The minimum atomic E-state index is 0.104. The van der Waals surface area contributed by atoms with Crippen LogP contribution < -0.4 is 0 Å². The van der Waals surface area contributed by atoms with Crippen molar-refractivity contribution in [2.45, 2.75) is 26.2 Å². The summed E-state index contributed by atoms with van der Waals surface area (Å²) in [6, 6.07) is 4.01. The van der Waals surface area contributed by atoms with Crippen LogP contribution in [0.5, 0.6) is 0 Å². The fourth-order valence-electron chi connectivity index (χ4n) is 2.74. The van der Waals surface area contributed by atoms with Gasteiger partial charge < -0.3 is 9.32 Å². The Hall–Kier alpha value is -1.55. The Bertz CT molecular complexity index is 585. The minimum Gasteiger partial charge on any atom is -0.466 e.